The van der Waals surface area contributed by atoms with Crippen LogP contribution in [0.15, 0.2) is 29.4 Å². The molecule has 4 rings (SSSR count). The standard InChI is InChI=1S/C22H29ClN4O2S/c23-18-10-6-7-11-19(18)29-14-20-25-26-22(27(20)17-12-13-17)30-15-21(28)24-16-8-4-2-1-3-5-9-16/h6-7,10-11,16-17H,1-5,8-9,12-15H2,(H,24,28). The zero-order chi connectivity index (χ0) is 20.8. The molecular weight excluding hydrogens is 420 g/mol. The second-order valence-electron chi connectivity index (χ2n) is 8.12. The van der Waals surface area contributed by atoms with Gasteiger partial charge >= 0.3 is 0 Å². The molecule has 2 aromatic rings. The molecule has 0 saturated heterocycles. The van der Waals surface area contributed by atoms with Crippen molar-refractivity contribution in [1.29, 1.82) is 0 Å². The molecule has 1 aromatic carbocycles. The van der Waals surface area contributed by atoms with Crippen molar-refractivity contribution in [3.63, 3.8) is 0 Å². The van der Waals surface area contributed by atoms with Crippen molar-refractivity contribution in [2.45, 2.75) is 81.6 Å². The van der Waals surface area contributed by atoms with Gasteiger partial charge in [0, 0.05) is 12.1 Å². The molecule has 0 atom stereocenters. The van der Waals surface area contributed by atoms with Gasteiger partial charge in [0.15, 0.2) is 11.0 Å². The van der Waals surface area contributed by atoms with Gasteiger partial charge in [0.1, 0.15) is 12.4 Å². The highest BCUT2D eigenvalue weighted by molar-refractivity contribution is 7.99. The van der Waals surface area contributed by atoms with Gasteiger partial charge in [-0.25, -0.2) is 0 Å². The number of carbonyl (C=O) groups excluding carboxylic acids is 1. The first-order chi connectivity index (χ1) is 14.7. The minimum Gasteiger partial charge on any atom is -0.484 e. The molecule has 30 heavy (non-hydrogen) atoms. The quantitative estimate of drug-likeness (QED) is 0.564. The Morgan fingerprint density at radius 2 is 1.83 bits per heavy atom. The number of carbonyl (C=O) groups is 1. The Labute approximate surface area is 187 Å². The molecule has 0 radical (unpaired) electrons. The molecule has 2 fully saturated rings. The second kappa shape index (κ2) is 10.5. The predicted molar refractivity (Wildman–Crippen MR) is 119 cm³/mol. The van der Waals surface area contributed by atoms with Crippen molar-refractivity contribution in [1.82, 2.24) is 20.1 Å². The van der Waals surface area contributed by atoms with Crippen LogP contribution in [-0.2, 0) is 11.4 Å². The fourth-order valence-corrected chi connectivity index (χ4v) is 4.93. The van der Waals surface area contributed by atoms with E-state index in [0.717, 1.165) is 36.7 Å². The molecular formula is C22H29ClN4O2S. The van der Waals surface area contributed by atoms with Crippen LogP contribution in [0.2, 0.25) is 5.02 Å². The Morgan fingerprint density at radius 3 is 2.57 bits per heavy atom. The van der Waals surface area contributed by atoms with E-state index in [9.17, 15) is 4.79 Å². The van der Waals surface area contributed by atoms with Crippen LogP contribution in [0.5, 0.6) is 5.75 Å². The van der Waals surface area contributed by atoms with E-state index in [1.807, 2.05) is 18.2 Å². The highest BCUT2D eigenvalue weighted by atomic mass is 35.5. The average molecular weight is 449 g/mol. The average Bonchev–Trinajstić information content (AvgIpc) is 3.48. The number of benzene rings is 1. The predicted octanol–water partition coefficient (Wildman–Crippen LogP) is 5.17. The molecule has 1 aromatic heterocycles. The molecule has 0 aliphatic heterocycles. The Morgan fingerprint density at radius 1 is 1.10 bits per heavy atom. The van der Waals surface area contributed by atoms with Crippen LogP contribution in [0, 0.1) is 0 Å². The molecule has 1 heterocycles. The number of aromatic nitrogens is 3. The van der Waals surface area contributed by atoms with E-state index in [2.05, 4.69) is 20.1 Å². The number of ether oxygens (including phenoxy) is 1. The van der Waals surface area contributed by atoms with Gasteiger partial charge in [-0.05, 0) is 37.8 Å². The number of amides is 1. The molecule has 0 spiro atoms. The molecule has 1 N–H and O–H groups in total. The van der Waals surface area contributed by atoms with E-state index in [4.69, 9.17) is 16.3 Å². The van der Waals surface area contributed by atoms with Crippen LogP contribution in [0.1, 0.15) is 69.7 Å². The Bertz CT molecular complexity index is 847. The fourth-order valence-electron chi connectivity index (χ4n) is 3.91. The summed E-state index contributed by atoms with van der Waals surface area (Å²) in [4.78, 5) is 12.5. The van der Waals surface area contributed by atoms with Crippen molar-refractivity contribution in [3.05, 3.63) is 35.1 Å². The number of halogens is 1. The first-order valence-electron chi connectivity index (χ1n) is 10.9. The van der Waals surface area contributed by atoms with E-state index in [0.29, 0.717) is 35.2 Å². The number of hydrogen-bond acceptors (Lipinski definition) is 5. The van der Waals surface area contributed by atoms with E-state index >= 15 is 0 Å². The minimum absolute atomic E-state index is 0.0878. The number of nitrogens with zero attached hydrogens (tertiary/aromatic N) is 3. The van der Waals surface area contributed by atoms with Gasteiger partial charge in [-0.15, -0.1) is 10.2 Å². The number of para-hydroxylation sites is 1. The van der Waals surface area contributed by atoms with Crippen molar-refractivity contribution in [2.24, 2.45) is 0 Å². The summed E-state index contributed by atoms with van der Waals surface area (Å²) in [5, 5.41) is 13.3. The van der Waals surface area contributed by atoms with E-state index in [-0.39, 0.29) is 5.91 Å². The first-order valence-corrected chi connectivity index (χ1v) is 12.3. The van der Waals surface area contributed by atoms with Crippen LogP contribution in [0.4, 0.5) is 0 Å². The summed E-state index contributed by atoms with van der Waals surface area (Å²) in [5.41, 5.74) is 0. The minimum atomic E-state index is 0.0878. The molecule has 6 nitrogen and oxygen atoms in total. The summed E-state index contributed by atoms with van der Waals surface area (Å²) >= 11 is 7.64. The first kappa shape index (κ1) is 21.5. The van der Waals surface area contributed by atoms with Gasteiger partial charge in [-0.1, -0.05) is 67.6 Å². The highest BCUT2D eigenvalue weighted by Gasteiger charge is 2.30. The zero-order valence-corrected chi connectivity index (χ0v) is 18.8. The van der Waals surface area contributed by atoms with Crippen LogP contribution in [0.25, 0.3) is 0 Å². The third-order valence-electron chi connectivity index (χ3n) is 5.64. The highest BCUT2D eigenvalue weighted by Crippen LogP contribution is 2.39. The molecule has 162 valence electrons. The van der Waals surface area contributed by atoms with E-state index in [1.165, 1.54) is 43.9 Å². The van der Waals surface area contributed by atoms with Crippen LogP contribution in [-0.4, -0.2) is 32.5 Å². The molecule has 1 amide bonds. The van der Waals surface area contributed by atoms with Gasteiger partial charge in [0.05, 0.1) is 10.8 Å². The van der Waals surface area contributed by atoms with Gasteiger partial charge in [-0.2, -0.15) is 0 Å². The van der Waals surface area contributed by atoms with Crippen LogP contribution in [0.3, 0.4) is 0 Å². The van der Waals surface area contributed by atoms with Gasteiger partial charge < -0.3 is 10.1 Å². The maximum absolute atomic E-state index is 12.5. The summed E-state index contributed by atoms with van der Waals surface area (Å²) in [6, 6.07) is 8.13. The zero-order valence-electron chi connectivity index (χ0n) is 17.2. The normalized spacial score (nSPS) is 17.9. The lowest BCUT2D eigenvalue weighted by Crippen LogP contribution is -2.36. The maximum atomic E-state index is 12.5. The Hall–Kier alpha value is -1.73. The largest absolute Gasteiger partial charge is 0.484 e. The topological polar surface area (TPSA) is 69.0 Å². The van der Waals surface area contributed by atoms with Crippen molar-refractivity contribution in [3.8, 4) is 5.75 Å². The fraction of sp³-hybridized carbons (Fsp3) is 0.591. The van der Waals surface area contributed by atoms with E-state index in [1.54, 1.807) is 6.07 Å². The molecule has 0 bridgehead atoms. The van der Waals surface area contributed by atoms with E-state index < -0.39 is 0 Å². The maximum Gasteiger partial charge on any atom is 0.230 e. The number of nitrogens with one attached hydrogen (secondary N) is 1. The third kappa shape index (κ3) is 5.91. The summed E-state index contributed by atoms with van der Waals surface area (Å²) in [5.74, 6) is 1.87. The van der Waals surface area contributed by atoms with Crippen LogP contribution >= 0.6 is 23.4 Å². The third-order valence-corrected chi connectivity index (χ3v) is 6.90. The molecule has 2 aliphatic carbocycles. The summed E-state index contributed by atoms with van der Waals surface area (Å²) < 4.78 is 7.99. The Balaban J connectivity index is 1.33. The summed E-state index contributed by atoms with van der Waals surface area (Å²) in [6.45, 7) is 0.308. The summed E-state index contributed by atoms with van der Waals surface area (Å²) in [7, 11) is 0. The van der Waals surface area contributed by atoms with Gasteiger partial charge in [0.25, 0.3) is 0 Å². The molecule has 2 saturated carbocycles. The lowest BCUT2D eigenvalue weighted by atomic mass is 9.97. The number of rotatable bonds is 8. The monoisotopic (exact) mass is 448 g/mol. The number of thioether (sulfide) groups is 1. The van der Waals surface area contributed by atoms with Crippen LogP contribution < -0.4 is 10.1 Å². The number of hydrogen-bond donors (Lipinski definition) is 1. The summed E-state index contributed by atoms with van der Waals surface area (Å²) in [6.07, 6.45) is 10.7. The van der Waals surface area contributed by atoms with Crippen molar-refractivity contribution in [2.75, 3.05) is 5.75 Å². The van der Waals surface area contributed by atoms with Crippen molar-refractivity contribution < 1.29 is 9.53 Å². The second-order valence-corrected chi connectivity index (χ2v) is 9.47. The SMILES string of the molecule is O=C(CSc1nnc(COc2ccccc2Cl)n1C1CC1)NC1CCCCCCC1. The smallest absolute Gasteiger partial charge is 0.230 e. The van der Waals surface area contributed by atoms with Gasteiger partial charge in [-0.3, -0.25) is 9.36 Å². The molecule has 8 heteroatoms. The van der Waals surface area contributed by atoms with Crippen molar-refractivity contribution >= 4 is 29.3 Å². The lowest BCUT2D eigenvalue weighted by Gasteiger charge is -2.20. The molecule has 0 unspecified atom stereocenters. The van der Waals surface area contributed by atoms with Gasteiger partial charge in [0.2, 0.25) is 5.91 Å². The molecule has 2 aliphatic rings. The Kier molecular flexibility index (Phi) is 7.55. The lowest BCUT2D eigenvalue weighted by molar-refractivity contribution is -0.119.